The molecule has 1 unspecified atom stereocenters. The van der Waals surface area contributed by atoms with Crippen LogP contribution in [0.3, 0.4) is 0 Å². The predicted octanol–water partition coefficient (Wildman–Crippen LogP) is 0.922. The Bertz CT molecular complexity index is 229. The third-order valence-corrected chi connectivity index (χ3v) is 3.09. The number of thioether (sulfide) groups is 1. The van der Waals surface area contributed by atoms with Gasteiger partial charge >= 0.3 is 5.97 Å². The molecule has 1 saturated heterocycles. The molecule has 1 amide bonds. The lowest BCUT2D eigenvalue weighted by Crippen LogP contribution is -2.54. The van der Waals surface area contributed by atoms with Crippen LogP contribution in [0.2, 0.25) is 0 Å². The zero-order valence-corrected chi connectivity index (χ0v) is 7.77. The van der Waals surface area contributed by atoms with Crippen molar-refractivity contribution in [2.45, 2.75) is 19.4 Å². The number of carbonyl (C=O) groups excluding carboxylic acids is 1. The quantitative estimate of drug-likeness (QED) is 0.678. The average Bonchev–Trinajstić information content (AvgIpc) is 2.32. The van der Waals surface area contributed by atoms with E-state index >= 15 is 0 Å². The first-order valence-electron chi connectivity index (χ1n) is 3.67. The molecule has 12 heavy (non-hydrogen) atoms. The van der Waals surface area contributed by atoms with Crippen LogP contribution in [0, 0.1) is 5.92 Å². The van der Waals surface area contributed by atoms with Crippen LogP contribution in [0.4, 0.5) is 4.79 Å². The summed E-state index contributed by atoms with van der Waals surface area (Å²) in [6, 6.07) is 0. The molecule has 2 N–H and O–H groups in total. The summed E-state index contributed by atoms with van der Waals surface area (Å²) in [5.74, 6) is -0.719. The van der Waals surface area contributed by atoms with Crippen LogP contribution in [0.5, 0.6) is 0 Å². The van der Waals surface area contributed by atoms with Crippen LogP contribution >= 0.6 is 11.8 Å². The predicted molar refractivity (Wildman–Crippen MR) is 46.2 cm³/mol. The number of carboxylic acid groups (broad SMARTS) is 1. The molecule has 0 aromatic rings. The molecule has 0 aromatic carbocycles. The van der Waals surface area contributed by atoms with Gasteiger partial charge < -0.3 is 10.4 Å². The van der Waals surface area contributed by atoms with E-state index in [1.807, 2.05) is 0 Å². The molecule has 1 fully saturated rings. The number of carbonyl (C=O) groups is 2. The molecule has 0 radical (unpaired) electrons. The monoisotopic (exact) mass is 189 g/mol. The van der Waals surface area contributed by atoms with Gasteiger partial charge in [-0.05, 0) is 5.92 Å². The molecule has 1 aliphatic heterocycles. The first kappa shape index (κ1) is 9.38. The molecular formula is C7H11NO3S. The summed E-state index contributed by atoms with van der Waals surface area (Å²) in [7, 11) is 0. The zero-order chi connectivity index (χ0) is 9.35. The van der Waals surface area contributed by atoms with Crippen molar-refractivity contribution in [2.24, 2.45) is 5.92 Å². The molecule has 1 heterocycles. The van der Waals surface area contributed by atoms with E-state index in [-0.39, 0.29) is 11.2 Å². The minimum atomic E-state index is -1.05. The maximum absolute atomic E-state index is 10.9. The summed E-state index contributed by atoms with van der Waals surface area (Å²) < 4.78 is 0. The Morgan fingerprint density at radius 2 is 2.33 bits per heavy atom. The maximum atomic E-state index is 10.9. The van der Waals surface area contributed by atoms with Gasteiger partial charge in [0.15, 0.2) is 5.54 Å². The number of hydrogen-bond acceptors (Lipinski definition) is 3. The Balaban J connectivity index is 2.89. The lowest BCUT2D eigenvalue weighted by atomic mass is 9.89. The van der Waals surface area contributed by atoms with E-state index in [2.05, 4.69) is 5.32 Å². The van der Waals surface area contributed by atoms with Gasteiger partial charge in [0.2, 0.25) is 0 Å². The van der Waals surface area contributed by atoms with Gasteiger partial charge in [0.1, 0.15) is 0 Å². The molecular weight excluding hydrogens is 178 g/mol. The Kier molecular flexibility index (Phi) is 2.32. The van der Waals surface area contributed by atoms with Gasteiger partial charge in [-0.25, -0.2) is 4.79 Å². The van der Waals surface area contributed by atoms with E-state index in [1.54, 1.807) is 13.8 Å². The fraction of sp³-hybridized carbons (Fsp3) is 0.714. The zero-order valence-electron chi connectivity index (χ0n) is 6.96. The van der Waals surface area contributed by atoms with E-state index < -0.39 is 11.5 Å². The fourth-order valence-electron chi connectivity index (χ4n) is 1.11. The molecule has 0 aliphatic carbocycles. The first-order chi connectivity index (χ1) is 5.49. The number of rotatable bonds is 2. The van der Waals surface area contributed by atoms with Crippen molar-refractivity contribution < 1.29 is 14.7 Å². The number of carboxylic acids is 1. The number of aliphatic carboxylic acids is 1. The van der Waals surface area contributed by atoms with Crippen molar-refractivity contribution in [3.8, 4) is 0 Å². The minimum Gasteiger partial charge on any atom is -0.479 e. The van der Waals surface area contributed by atoms with Crippen LogP contribution in [0.15, 0.2) is 0 Å². The highest BCUT2D eigenvalue weighted by Gasteiger charge is 2.47. The summed E-state index contributed by atoms with van der Waals surface area (Å²) in [5.41, 5.74) is -1.05. The summed E-state index contributed by atoms with van der Waals surface area (Å²) in [6.07, 6.45) is 0. The van der Waals surface area contributed by atoms with Gasteiger partial charge in [-0.2, -0.15) is 0 Å². The van der Waals surface area contributed by atoms with Crippen molar-refractivity contribution in [2.75, 3.05) is 5.75 Å². The van der Waals surface area contributed by atoms with Crippen molar-refractivity contribution >= 4 is 23.0 Å². The Labute approximate surface area is 74.7 Å². The highest BCUT2D eigenvalue weighted by Crippen LogP contribution is 2.29. The molecule has 1 rings (SSSR count). The summed E-state index contributed by atoms with van der Waals surface area (Å²) in [4.78, 5) is 21.7. The molecule has 4 nitrogen and oxygen atoms in total. The fourth-order valence-corrected chi connectivity index (χ4v) is 2.25. The van der Waals surface area contributed by atoms with E-state index in [9.17, 15) is 9.59 Å². The van der Waals surface area contributed by atoms with Crippen LogP contribution < -0.4 is 5.32 Å². The maximum Gasteiger partial charge on any atom is 0.330 e. The Morgan fingerprint density at radius 1 is 1.75 bits per heavy atom. The van der Waals surface area contributed by atoms with Crippen molar-refractivity contribution in [1.29, 1.82) is 0 Å². The Morgan fingerprint density at radius 3 is 2.50 bits per heavy atom. The molecule has 0 saturated carbocycles. The summed E-state index contributed by atoms with van der Waals surface area (Å²) >= 11 is 1.03. The second-order valence-electron chi connectivity index (χ2n) is 3.13. The largest absolute Gasteiger partial charge is 0.479 e. The van der Waals surface area contributed by atoms with Gasteiger partial charge in [-0.3, -0.25) is 4.79 Å². The molecule has 68 valence electrons. The minimum absolute atomic E-state index is 0.0889. The molecule has 5 heteroatoms. The summed E-state index contributed by atoms with van der Waals surface area (Å²) in [5, 5.41) is 11.2. The van der Waals surface area contributed by atoms with Gasteiger partial charge in [-0.1, -0.05) is 25.6 Å². The number of hydrogen-bond donors (Lipinski definition) is 2. The van der Waals surface area contributed by atoms with Gasteiger partial charge in [0.05, 0.1) is 0 Å². The van der Waals surface area contributed by atoms with E-state index in [0.29, 0.717) is 5.75 Å². The van der Waals surface area contributed by atoms with Crippen molar-refractivity contribution in [3.63, 3.8) is 0 Å². The normalized spacial score (nSPS) is 29.1. The first-order valence-corrected chi connectivity index (χ1v) is 4.66. The van der Waals surface area contributed by atoms with Crippen LogP contribution in [-0.2, 0) is 4.79 Å². The van der Waals surface area contributed by atoms with Crippen LogP contribution in [0.25, 0.3) is 0 Å². The highest BCUT2D eigenvalue weighted by molar-refractivity contribution is 8.14. The molecule has 0 spiro atoms. The van der Waals surface area contributed by atoms with Crippen LogP contribution in [0.1, 0.15) is 13.8 Å². The average molecular weight is 189 g/mol. The topological polar surface area (TPSA) is 66.4 Å². The van der Waals surface area contributed by atoms with Gasteiger partial charge in [0, 0.05) is 5.75 Å². The lowest BCUT2D eigenvalue weighted by Gasteiger charge is -2.27. The standard InChI is InChI=1S/C7H11NO3S/c1-4(2)7(5(9)10)3-12-6(11)8-7/h4H,3H2,1-2H3,(H,8,11)(H,9,10). The summed E-state index contributed by atoms with van der Waals surface area (Å²) in [6.45, 7) is 3.58. The Hall–Kier alpha value is -0.710. The van der Waals surface area contributed by atoms with Crippen molar-refractivity contribution in [3.05, 3.63) is 0 Å². The van der Waals surface area contributed by atoms with Gasteiger partial charge in [0.25, 0.3) is 5.24 Å². The molecule has 1 aliphatic rings. The van der Waals surface area contributed by atoms with Crippen molar-refractivity contribution in [1.82, 2.24) is 5.32 Å². The molecule has 0 bridgehead atoms. The van der Waals surface area contributed by atoms with E-state index in [1.165, 1.54) is 0 Å². The highest BCUT2D eigenvalue weighted by atomic mass is 32.2. The third kappa shape index (κ3) is 1.29. The number of nitrogens with one attached hydrogen (secondary N) is 1. The lowest BCUT2D eigenvalue weighted by molar-refractivity contribution is -0.144. The second-order valence-corrected chi connectivity index (χ2v) is 4.08. The SMILES string of the molecule is CC(C)C1(C(=O)O)CSC(=O)N1. The van der Waals surface area contributed by atoms with E-state index in [4.69, 9.17) is 5.11 Å². The van der Waals surface area contributed by atoms with E-state index in [0.717, 1.165) is 11.8 Å². The smallest absolute Gasteiger partial charge is 0.330 e. The molecule has 1 atom stereocenters. The third-order valence-electron chi connectivity index (χ3n) is 2.12. The van der Waals surface area contributed by atoms with Gasteiger partial charge in [-0.15, -0.1) is 0 Å². The number of amides is 1. The van der Waals surface area contributed by atoms with Crippen LogP contribution in [-0.4, -0.2) is 27.6 Å². The molecule has 0 aromatic heterocycles. The second kappa shape index (κ2) is 2.97.